The molecule has 0 aliphatic carbocycles. The highest BCUT2D eigenvalue weighted by Crippen LogP contribution is 2.47. The molecule has 4 rings (SSSR count). The molecule has 6 nitrogen and oxygen atoms in total. The molecule has 0 saturated carbocycles. The number of fused-ring (bicyclic) bond motifs is 1. The van der Waals surface area contributed by atoms with Crippen molar-refractivity contribution in [3.63, 3.8) is 0 Å². The smallest absolute Gasteiger partial charge is 0.235 e. The molecule has 28 heavy (non-hydrogen) atoms. The number of thioether (sulfide) groups is 1. The zero-order valence-corrected chi connectivity index (χ0v) is 17.6. The van der Waals surface area contributed by atoms with Crippen LogP contribution in [0.3, 0.4) is 0 Å². The molecule has 0 bridgehead atoms. The van der Waals surface area contributed by atoms with Gasteiger partial charge in [0.15, 0.2) is 0 Å². The van der Waals surface area contributed by atoms with Crippen molar-refractivity contribution in [2.45, 2.75) is 50.5 Å². The summed E-state index contributed by atoms with van der Waals surface area (Å²) in [6, 6.07) is 8.22. The number of benzene rings is 1. The second-order valence-electron chi connectivity index (χ2n) is 8.03. The molecule has 0 radical (unpaired) electrons. The van der Waals surface area contributed by atoms with Gasteiger partial charge in [0.25, 0.3) is 0 Å². The summed E-state index contributed by atoms with van der Waals surface area (Å²) in [6.45, 7) is 6.95. The van der Waals surface area contributed by atoms with Crippen molar-refractivity contribution in [2.24, 2.45) is 0 Å². The summed E-state index contributed by atoms with van der Waals surface area (Å²) in [7, 11) is 1.69. The first kappa shape index (κ1) is 19.3. The summed E-state index contributed by atoms with van der Waals surface area (Å²) in [4.78, 5) is 12.5. The Morgan fingerprint density at radius 2 is 2.14 bits per heavy atom. The summed E-state index contributed by atoms with van der Waals surface area (Å²) in [5.74, 6) is 2.07. The average Bonchev–Trinajstić information content (AvgIpc) is 2.87. The van der Waals surface area contributed by atoms with Crippen molar-refractivity contribution in [3.05, 3.63) is 41.1 Å². The average molecular weight is 402 g/mol. The molecule has 1 N–H and O–H groups in total. The normalized spacial score (nSPS) is 24.2. The van der Waals surface area contributed by atoms with E-state index in [4.69, 9.17) is 14.6 Å². The van der Waals surface area contributed by atoms with E-state index in [1.165, 1.54) is 0 Å². The molecule has 2 aliphatic heterocycles. The number of aromatic nitrogens is 2. The topological polar surface area (TPSA) is 65.4 Å². The summed E-state index contributed by atoms with van der Waals surface area (Å²) < 4.78 is 13.5. The van der Waals surface area contributed by atoms with Gasteiger partial charge in [0.1, 0.15) is 11.6 Å². The molecular weight excluding hydrogens is 374 g/mol. The minimum Gasteiger partial charge on any atom is -0.496 e. The van der Waals surface area contributed by atoms with Gasteiger partial charge < -0.3 is 14.8 Å². The quantitative estimate of drug-likeness (QED) is 0.839. The van der Waals surface area contributed by atoms with E-state index in [1.54, 1.807) is 18.9 Å². The lowest BCUT2D eigenvalue weighted by atomic mass is 9.94. The number of amides is 1. The third-order valence-corrected chi connectivity index (χ3v) is 6.72. The van der Waals surface area contributed by atoms with Gasteiger partial charge in [-0.2, -0.15) is 5.10 Å². The van der Waals surface area contributed by atoms with Crippen LogP contribution < -0.4 is 10.1 Å². The summed E-state index contributed by atoms with van der Waals surface area (Å²) in [5.41, 5.74) is 2.90. The summed E-state index contributed by atoms with van der Waals surface area (Å²) >= 11 is 1.62. The number of anilines is 1. The van der Waals surface area contributed by atoms with Gasteiger partial charge in [-0.1, -0.05) is 18.2 Å². The van der Waals surface area contributed by atoms with Crippen LogP contribution in [0.25, 0.3) is 0 Å². The molecule has 0 unspecified atom stereocenters. The van der Waals surface area contributed by atoms with Crippen molar-refractivity contribution >= 4 is 23.5 Å². The summed E-state index contributed by atoms with van der Waals surface area (Å²) in [5, 5.41) is 8.01. The lowest BCUT2D eigenvalue weighted by Crippen LogP contribution is -2.36. The van der Waals surface area contributed by atoms with Gasteiger partial charge in [-0.05, 0) is 39.7 Å². The van der Waals surface area contributed by atoms with Crippen molar-refractivity contribution in [2.75, 3.05) is 24.8 Å². The number of carbonyl (C=O) groups is 1. The van der Waals surface area contributed by atoms with Crippen LogP contribution in [0, 0.1) is 6.92 Å². The van der Waals surface area contributed by atoms with Gasteiger partial charge in [0, 0.05) is 17.7 Å². The predicted octanol–water partition coefficient (Wildman–Crippen LogP) is 4.10. The van der Waals surface area contributed by atoms with Crippen LogP contribution in [0.2, 0.25) is 0 Å². The van der Waals surface area contributed by atoms with Crippen molar-refractivity contribution < 1.29 is 14.3 Å². The second kappa shape index (κ2) is 7.44. The fourth-order valence-corrected chi connectivity index (χ4v) is 5.42. The highest BCUT2D eigenvalue weighted by molar-refractivity contribution is 8.00. The SMILES string of the molecule is COc1ccccc1[C@@H]1SCC(=O)Nc2c1c(C)nn2[C@H]1CCOC(C)(C)C1. The number of ether oxygens (including phenoxy) is 2. The van der Waals surface area contributed by atoms with Crippen LogP contribution in [0.5, 0.6) is 5.75 Å². The number of para-hydroxylation sites is 1. The maximum Gasteiger partial charge on any atom is 0.235 e. The molecule has 7 heteroatoms. The Morgan fingerprint density at radius 1 is 1.36 bits per heavy atom. The fourth-order valence-electron chi connectivity index (χ4n) is 4.21. The predicted molar refractivity (Wildman–Crippen MR) is 111 cm³/mol. The molecule has 150 valence electrons. The van der Waals surface area contributed by atoms with Crippen LogP contribution in [0.15, 0.2) is 24.3 Å². The number of carbonyl (C=O) groups excluding carboxylic acids is 1. The molecule has 2 atom stereocenters. The molecule has 1 aromatic carbocycles. The Bertz CT molecular complexity index is 893. The number of hydrogen-bond donors (Lipinski definition) is 1. The van der Waals surface area contributed by atoms with E-state index < -0.39 is 0 Å². The minimum atomic E-state index is -0.193. The number of aryl methyl sites for hydroxylation is 1. The molecule has 1 amide bonds. The molecule has 3 heterocycles. The Balaban J connectivity index is 1.82. The monoisotopic (exact) mass is 401 g/mol. The molecule has 2 aromatic rings. The lowest BCUT2D eigenvalue weighted by Gasteiger charge is -2.36. The fraction of sp³-hybridized carbons (Fsp3) is 0.524. The third-order valence-electron chi connectivity index (χ3n) is 5.47. The van der Waals surface area contributed by atoms with Crippen LogP contribution in [0.4, 0.5) is 5.82 Å². The van der Waals surface area contributed by atoms with Gasteiger partial charge in [-0.15, -0.1) is 11.8 Å². The van der Waals surface area contributed by atoms with Crippen molar-refractivity contribution in [1.82, 2.24) is 9.78 Å². The Labute approximate surface area is 170 Å². The molecule has 1 fully saturated rings. The Hall–Kier alpha value is -1.99. The zero-order valence-electron chi connectivity index (χ0n) is 16.8. The van der Waals surface area contributed by atoms with E-state index in [-0.39, 0.29) is 22.8 Å². The van der Waals surface area contributed by atoms with E-state index in [0.29, 0.717) is 12.4 Å². The van der Waals surface area contributed by atoms with Crippen LogP contribution >= 0.6 is 11.8 Å². The molecule has 1 saturated heterocycles. The van der Waals surface area contributed by atoms with Gasteiger partial charge in [0.05, 0.1) is 35.4 Å². The number of rotatable bonds is 3. The van der Waals surface area contributed by atoms with E-state index in [2.05, 4.69) is 25.2 Å². The Morgan fingerprint density at radius 3 is 2.89 bits per heavy atom. The number of nitrogens with zero attached hydrogens (tertiary/aromatic N) is 2. The molecular formula is C21H27N3O3S. The highest BCUT2D eigenvalue weighted by atomic mass is 32.2. The van der Waals surface area contributed by atoms with Crippen molar-refractivity contribution in [3.8, 4) is 5.75 Å². The molecule has 2 aliphatic rings. The van der Waals surface area contributed by atoms with E-state index in [0.717, 1.165) is 41.2 Å². The first-order valence-electron chi connectivity index (χ1n) is 9.67. The molecule has 0 spiro atoms. The highest BCUT2D eigenvalue weighted by Gasteiger charge is 2.36. The van der Waals surface area contributed by atoms with Crippen LogP contribution in [-0.2, 0) is 9.53 Å². The Kier molecular flexibility index (Phi) is 5.14. The first-order chi connectivity index (χ1) is 13.4. The standard InChI is InChI=1S/C21H27N3O3S/c1-13-18-19(15-7-5-6-8-16(15)26-4)28-12-17(25)22-20(18)24(23-13)14-9-10-27-21(2,3)11-14/h5-8,14,19H,9-12H2,1-4H3,(H,22,25)/t14-,19-/m0/s1. The molecule has 1 aromatic heterocycles. The van der Waals surface area contributed by atoms with Crippen LogP contribution in [0.1, 0.15) is 54.8 Å². The van der Waals surface area contributed by atoms with Gasteiger partial charge in [-0.3, -0.25) is 4.79 Å². The minimum absolute atomic E-state index is 0.00768. The second-order valence-corrected chi connectivity index (χ2v) is 9.12. The first-order valence-corrected chi connectivity index (χ1v) is 10.7. The maximum atomic E-state index is 12.5. The summed E-state index contributed by atoms with van der Waals surface area (Å²) in [6.07, 6.45) is 1.75. The van der Waals surface area contributed by atoms with E-state index >= 15 is 0 Å². The van der Waals surface area contributed by atoms with Crippen LogP contribution in [-0.4, -0.2) is 40.8 Å². The van der Waals surface area contributed by atoms with Gasteiger partial charge >= 0.3 is 0 Å². The van der Waals surface area contributed by atoms with E-state index in [9.17, 15) is 4.79 Å². The largest absolute Gasteiger partial charge is 0.496 e. The van der Waals surface area contributed by atoms with Gasteiger partial charge in [-0.25, -0.2) is 4.68 Å². The van der Waals surface area contributed by atoms with E-state index in [1.807, 2.05) is 29.8 Å². The number of nitrogens with one attached hydrogen (secondary N) is 1. The third kappa shape index (κ3) is 3.53. The number of methoxy groups -OCH3 is 1. The zero-order chi connectivity index (χ0) is 19.9. The maximum absolute atomic E-state index is 12.5. The lowest BCUT2D eigenvalue weighted by molar-refractivity contribution is -0.113. The van der Waals surface area contributed by atoms with Gasteiger partial charge in [0.2, 0.25) is 5.91 Å². The number of hydrogen-bond acceptors (Lipinski definition) is 5. The van der Waals surface area contributed by atoms with Crippen molar-refractivity contribution in [1.29, 1.82) is 0 Å².